The molecule has 0 radical (unpaired) electrons. The van der Waals surface area contributed by atoms with E-state index in [-0.39, 0.29) is 12.1 Å². The molecule has 1 saturated heterocycles. The van der Waals surface area contributed by atoms with Gasteiger partial charge in [-0.1, -0.05) is 42.5 Å². The summed E-state index contributed by atoms with van der Waals surface area (Å²) < 4.78 is 29.4. The van der Waals surface area contributed by atoms with Gasteiger partial charge in [-0.15, -0.1) is 0 Å². The van der Waals surface area contributed by atoms with Crippen LogP contribution in [0.3, 0.4) is 0 Å². The van der Waals surface area contributed by atoms with Gasteiger partial charge in [0, 0.05) is 19.4 Å². The van der Waals surface area contributed by atoms with E-state index in [1.165, 1.54) is 6.26 Å². The number of ether oxygens (including phenoxy) is 1. The third kappa shape index (κ3) is 4.23. The average molecular weight is 345 g/mol. The van der Waals surface area contributed by atoms with Crippen molar-refractivity contribution in [1.29, 1.82) is 0 Å². The second kappa shape index (κ2) is 7.47. The van der Waals surface area contributed by atoms with E-state index in [1.807, 2.05) is 24.3 Å². The van der Waals surface area contributed by atoms with Crippen LogP contribution in [0.15, 0.2) is 59.5 Å². The van der Waals surface area contributed by atoms with Gasteiger partial charge in [0.15, 0.2) is 9.84 Å². The zero-order valence-corrected chi connectivity index (χ0v) is 14.6. The second-order valence-corrected chi connectivity index (χ2v) is 8.25. The smallest absolute Gasteiger partial charge is 0.175 e. The Morgan fingerprint density at radius 1 is 1.12 bits per heavy atom. The summed E-state index contributed by atoms with van der Waals surface area (Å²) >= 11 is 0. The molecule has 2 aromatic rings. The third-order valence-electron chi connectivity index (χ3n) is 4.33. The molecule has 0 amide bonds. The van der Waals surface area contributed by atoms with Crippen molar-refractivity contribution in [3.63, 3.8) is 0 Å². The number of benzene rings is 2. The molecule has 0 bridgehead atoms. The second-order valence-electron chi connectivity index (χ2n) is 6.23. The van der Waals surface area contributed by atoms with E-state index < -0.39 is 9.84 Å². The molecule has 128 valence electrons. The topological polar surface area (TPSA) is 55.4 Å². The predicted octanol–water partition coefficient (Wildman–Crippen LogP) is 2.95. The molecule has 0 saturated carbocycles. The van der Waals surface area contributed by atoms with Crippen LogP contribution in [0, 0.1) is 0 Å². The molecule has 0 aromatic heterocycles. The molecule has 0 aliphatic carbocycles. The molecule has 5 heteroatoms. The van der Waals surface area contributed by atoms with E-state index in [2.05, 4.69) is 17.4 Å². The van der Waals surface area contributed by atoms with Crippen LogP contribution in [-0.4, -0.2) is 33.9 Å². The van der Waals surface area contributed by atoms with Gasteiger partial charge in [-0.3, -0.25) is 0 Å². The van der Waals surface area contributed by atoms with Crippen molar-refractivity contribution in [2.45, 2.75) is 29.9 Å². The summed E-state index contributed by atoms with van der Waals surface area (Å²) in [7, 11) is -3.22. The van der Waals surface area contributed by atoms with Gasteiger partial charge in [-0.25, -0.2) is 8.42 Å². The van der Waals surface area contributed by atoms with Gasteiger partial charge >= 0.3 is 0 Å². The van der Waals surface area contributed by atoms with Crippen molar-refractivity contribution < 1.29 is 13.2 Å². The Bertz CT molecular complexity index is 768. The lowest BCUT2D eigenvalue weighted by atomic mass is 9.98. The van der Waals surface area contributed by atoms with E-state index in [9.17, 15) is 8.42 Å². The molecule has 1 fully saturated rings. The molecule has 3 rings (SSSR count). The summed E-state index contributed by atoms with van der Waals surface area (Å²) in [5.74, 6) is 0. The molecule has 2 aromatic carbocycles. The minimum Gasteiger partial charge on any atom is -0.377 e. The summed E-state index contributed by atoms with van der Waals surface area (Å²) in [6, 6.07) is 17.2. The fourth-order valence-corrected chi connectivity index (χ4v) is 3.73. The summed E-state index contributed by atoms with van der Waals surface area (Å²) in [6.07, 6.45) is 3.64. The third-order valence-corrected chi connectivity index (χ3v) is 5.44. The van der Waals surface area contributed by atoms with Crippen LogP contribution in [0.25, 0.3) is 0 Å². The molecule has 1 aliphatic rings. The lowest BCUT2D eigenvalue weighted by Crippen LogP contribution is -2.30. The lowest BCUT2D eigenvalue weighted by molar-refractivity contribution is 0.108. The first-order chi connectivity index (χ1) is 11.5. The van der Waals surface area contributed by atoms with Crippen molar-refractivity contribution >= 4 is 9.84 Å². The zero-order chi connectivity index (χ0) is 17.0. The minimum atomic E-state index is -3.22. The molecule has 1 heterocycles. The van der Waals surface area contributed by atoms with E-state index >= 15 is 0 Å². The van der Waals surface area contributed by atoms with Crippen LogP contribution in [-0.2, 0) is 14.6 Å². The molecule has 1 N–H and O–H groups in total. The maximum atomic E-state index is 11.9. The fraction of sp³-hybridized carbons (Fsp3) is 0.368. The van der Waals surface area contributed by atoms with Gasteiger partial charge < -0.3 is 10.1 Å². The highest BCUT2D eigenvalue weighted by atomic mass is 32.2. The maximum absolute atomic E-state index is 11.9. The Morgan fingerprint density at radius 2 is 1.88 bits per heavy atom. The molecular formula is C19H23NO3S. The SMILES string of the molecule is CS(=O)(=O)c1cccc(C(NCC2CCCO2)c2ccccc2)c1. The molecule has 2 atom stereocenters. The van der Waals surface area contributed by atoms with Crippen LogP contribution in [0.2, 0.25) is 0 Å². The van der Waals surface area contributed by atoms with E-state index in [4.69, 9.17) is 4.74 Å². The highest BCUT2D eigenvalue weighted by Gasteiger charge is 2.20. The summed E-state index contributed by atoms with van der Waals surface area (Å²) in [5.41, 5.74) is 2.06. The first-order valence-corrected chi connectivity index (χ1v) is 10.1. The number of sulfone groups is 1. The molecular weight excluding hydrogens is 322 g/mol. The molecule has 1 aliphatic heterocycles. The largest absolute Gasteiger partial charge is 0.377 e. The van der Waals surface area contributed by atoms with Crippen molar-refractivity contribution in [1.82, 2.24) is 5.32 Å². The number of nitrogens with one attached hydrogen (secondary N) is 1. The summed E-state index contributed by atoms with van der Waals surface area (Å²) in [5, 5.41) is 3.55. The Morgan fingerprint density at radius 3 is 2.54 bits per heavy atom. The molecule has 24 heavy (non-hydrogen) atoms. The maximum Gasteiger partial charge on any atom is 0.175 e. The number of hydrogen-bond donors (Lipinski definition) is 1. The molecule has 0 spiro atoms. The molecule has 2 unspecified atom stereocenters. The Kier molecular flexibility index (Phi) is 5.33. The summed E-state index contributed by atoms with van der Waals surface area (Å²) in [6.45, 7) is 1.58. The van der Waals surface area contributed by atoms with E-state index in [1.54, 1.807) is 18.2 Å². The normalized spacial score (nSPS) is 19.3. The quantitative estimate of drug-likeness (QED) is 0.874. The van der Waals surface area contributed by atoms with Gasteiger partial charge in [0.25, 0.3) is 0 Å². The fourth-order valence-electron chi connectivity index (χ4n) is 3.05. The van der Waals surface area contributed by atoms with Crippen molar-refractivity contribution in [3.8, 4) is 0 Å². The number of rotatable bonds is 6. The van der Waals surface area contributed by atoms with Gasteiger partial charge in [-0.05, 0) is 36.1 Å². The van der Waals surface area contributed by atoms with E-state index in [0.717, 1.165) is 37.1 Å². The Balaban J connectivity index is 1.89. The first-order valence-electron chi connectivity index (χ1n) is 8.24. The molecule has 4 nitrogen and oxygen atoms in total. The zero-order valence-electron chi connectivity index (χ0n) is 13.8. The van der Waals surface area contributed by atoms with Crippen LogP contribution in [0.5, 0.6) is 0 Å². The predicted molar refractivity (Wildman–Crippen MR) is 94.8 cm³/mol. The Hall–Kier alpha value is -1.69. The van der Waals surface area contributed by atoms with Crippen LogP contribution >= 0.6 is 0 Å². The van der Waals surface area contributed by atoms with E-state index in [0.29, 0.717) is 4.90 Å². The lowest BCUT2D eigenvalue weighted by Gasteiger charge is -2.22. The standard InChI is InChI=1S/C19H23NO3S/c1-24(21,22)18-11-5-9-16(13-18)19(15-7-3-2-4-8-15)20-14-17-10-6-12-23-17/h2-5,7-9,11,13,17,19-20H,6,10,12,14H2,1H3. The highest BCUT2D eigenvalue weighted by Crippen LogP contribution is 2.25. The van der Waals surface area contributed by atoms with Gasteiger partial charge in [0.1, 0.15) is 0 Å². The van der Waals surface area contributed by atoms with Crippen LogP contribution < -0.4 is 5.32 Å². The van der Waals surface area contributed by atoms with Crippen molar-refractivity contribution in [3.05, 3.63) is 65.7 Å². The van der Waals surface area contributed by atoms with Gasteiger partial charge in [-0.2, -0.15) is 0 Å². The van der Waals surface area contributed by atoms with Crippen LogP contribution in [0.1, 0.15) is 30.0 Å². The summed E-state index contributed by atoms with van der Waals surface area (Å²) in [4.78, 5) is 0.347. The Labute approximate surface area is 143 Å². The van der Waals surface area contributed by atoms with Gasteiger partial charge in [0.05, 0.1) is 17.0 Å². The monoisotopic (exact) mass is 345 g/mol. The minimum absolute atomic E-state index is 0.0582. The first kappa shape index (κ1) is 17.1. The van der Waals surface area contributed by atoms with Crippen molar-refractivity contribution in [2.75, 3.05) is 19.4 Å². The van der Waals surface area contributed by atoms with Crippen molar-refractivity contribution in [2.24, 2.45) is 0 Å². The number of hydrogen-bond acceptors (Lipinski definition) is 4. The van der Waals surface area contributed by atoms with Gasteiger partial charge in [0.2, 0.25) is 0 Å². The average Bonchev–Trinajstić information content (AvgIpc) is 3.09. The van der Waals surface area contributed by atoms with Crippen LogP contribution in [0.4, 0.5) is 0 Å². The highest BCUT2D eigenvalue weighted by molar-refractivity contribution is 7.90.